The number of hydrogen-bond donors (Lipinski definition) is 19. The normalized spacial score (nSPS) is 25.8. The van der Waals surface area contributed by atoms with Gasteiger partial charge in [0.05, 0.1) is 24.8 Å². The lowest BCUT2D eigenvalue weighted by Crippen LogP contribution is -2.62. The van der Waals surface area contributed by atoms with Crippen molar-refractivity contribution in [3.05, 3.63) is 101 Å². The molecule has 17 amide bonds. The second-order valence-corrected chi connectivity index (χ2v) is 34.4. The molecule has 4 saturated heterocycles. The van der Waals surface area contributed by atoms with Crippen LogP contribution in [0.25, 0.3) is 21.0 Å². The number of carboxylic acid groups (broad SMARTS) is 1. The lowest BCUT2D eigenvalue weighted by atomic mass is 10.00. The maximum Gasteiger partial charge on any atom is 0.305 e. The number of aromatic nitrogens is 1. The fourth-order valence-corrected chi connectivity index (χ4v) is 18.2. The molecule has 4 aliphatic heterocycles. The molecule has 3 aromatic carbocycles. The second-order valence-electron chi connectivity index (χ2n) is 32.5. The Labute approximate surface area is 751 Å². The van der Waals surface area contributed by atoms with E-state index in [0.717, 1.165) is 46.3 Å². The molecule has 9 rings (SSSR count). The van der Waals surface area contributed by atoms with Crippen molar-refractivity contribution in [2.75, 3.05) is 71.4 Å². The predicted molar refractivity (Wildman–Crippen MR) is 472 cm³/mol. The van der Waals surface area contributed by atoms with E-state index >= 15 is 28.8 Å². The number of phenols is 1. The van der Waals surface area contributed by atoms with Crippen LogP contribution >= 0.6 is 23.1 Å². The topological polar surface area (TPSA) is 650 Å². The van der Waals surface area contributed by atoms with E-state index < -0.39 is 260 Å². The number of para-hydroxylation sites is 1. The van der Waals surface area contributed by atoms with Crippen molar-refractivity contribution in [3.8, 4) is 5.75 Å². The highest BCUT2D eigenvalue weighted by molar-refractivity contribution is 8.00. The molecule has 0 bridgehead atoms. The molecule has 2 aromatic heterocycles. The number of nitrogens with zero attached hydrogens (tertiary/aromatic N) is 5. The van der Waals surface area contributed by atoms with Gasteiger partial charge in [0.2, 0.25) is 100 Å². The third kappa shape index (κ3) is 26.9. The first-order valence-corrected chi connectivity index (χ1v) is 45.0. The summed E-state index contributed by atoms with van der Waals surface area (Å²) in [6.07, 6.45) is -2.11. The first-order chi connectivity index (χ1) is 61.6. The van der Waals surface area contributed by atoms with Crippen LogP contribution in [0.15, 0.2) is 84.4 Å². The molecule has 24 N–H and O–H groups in total. The number of amides is 17. The number of rotatable bonds is 23. The number of aromatic hydroxyl groups is 1. The van der Waals surface area contributed by atoms with Gasteiger partial charge in [0.25, 0.3) is 0 Å². The monoisotopic (exact) mass is 1830 g/mol. The summed E-state index contributed by atoms with van der Waals surface area (Å²) in [5.74, 6) is -18.9. The number of nitrogens with one attached hydrogen (secondary N) is 11. The number of benzene rings is 3. The number of aromatic amines is 1. The third-order valence-corrected chi connectivity index (χ3v) is 25.2. The number of primary amides is 2. The minimum absolute atomic E-state index is 0.0157. The number of H-pyrrole nitrogens is 1. The Bertz CT molecular complexity index is 4920. The number of thioether (sulfide) groups is 1. The smallest absolute Gasteiger partial charge is 0.305 e. The molecular formula is C85H117N21O21S2. The number of unbranched alkanes of at least 4 members (excludes halogenated alkanes) is 1. The highest BCUT2D eigenvalue weighted by Crippen LogP contribution is 2.30. The highest BCUT2D eigenvalue weighted by Gasteiger charge is 2.47. The maximum absolute atomic E-state index is 15.7. The van der Waals surface area contributed by atoms with Crippen LogP contribution in [0.5, 0.6) is 5.75 Å². The minimum Gasteiger partial charge on any atom is -0.508 e. The van der Waals surface area contributed by atoms with Crippen molar-refractivity contribution in [1.82, 2.24) is 82.7 Å². The zero-order chi connectivity index (χ0) is 94.0. The molecule has 42 nitrogen and oxygen atoms in total. The molecule has 4 aliphatic rings. The molecule has 129 heavy (non-hydrogen) atoms. The molecule has 1 unspecified atom stereocenters. The molecule has 700 valence electrons. The average molecular weight is 1830 g/mol. The Morgan fingerprint density at radius 3 is 1.69 bits per heavy atom. The molecule has 0 spiro atoms. The maximum atomic E-state index is 15.7. The van der Waals surface area contributed by atoms with Crippen LogP contribution in [-0.4, -0.2) is 313 Å². The number of aliphatic carboxylic acids is 1. The highest BCUT2D eigenvalue weighted by atomic mass is 32.2. The van der Waals surface area contributed by atoms with Gasteiger partial charge in [-0.05, 0) is 110 Å². The van der Waals surface area contributed by atoms with E-state index in [2.05, 4.69) is 58.2 Å². The molecule has 5 aromatic rings. The molecule has 44 heteroatoms. The first-order valence-electron chi connectivity index (χ1n) is 43.0. The van der Waals surface area contributed by atoms with Crippen LogP contribution in [0.1, 0.15) is 120 Å². The Balaban J connectivity index is 1.07. The molecule has 0 saturated carbocycles. The number of carbonyl (C=O) groups excluding carboxylic acids is 17. The summed E-state index contributed by atoms with van der Waals surface area (Å²) < 4.78 is 0.826. The first kappa shape index (κ1) is 100. The number of carboxylic acids is 1. The van der Waals surface area contributed by atoms with Gasteiger partial charge in [-0.25, -0.2) is 0 Å². The minimum atomic E-state index is -1.89. The molecule has 0 radical (unpaired) electrons. The van der Waals surface area contributed by atoms with Gasteiger partial charge in [0.1, 0.15) is 90.3 Å². The summed E-state index contributed by atoms with van der Waals surface area (Å²) in [5.41, 5.74) is 31.7. The van der Waals surface area contributed by atoms with Crippen molar-refractivity contribution in [2.45, 2.75) is 214 Å². The van der Waals surface area contributed by atoms with E-state index in [1.807, 2.05) is 25.1 Å². The number of aliphatic hydroxyl groups is 1. The number of nitrogens with two attached hydrogens (primary N) is 5. The Morgan fingerprint density at radius 2 is 1.06 bits per heavy atom. The molecule has 15 atom stereocenters. The summed E-state index contributed by atoms with van der Waals surface area (Å²) in [4.78, 5) is 268. The van der Waals surface area contributed by atoms with Gasteiger partial charge in [-0.3, -0.25) is 86.3 Å². The number of phenolic OH excluding ortho intramolecular Hbond substituents is 1. The molecule has 6 heterocycles. The Morgan fingerprint density at radius 1 is 0.519 bits per heavy atom. The van der Waals surface area contributed by atoms with Gasteiger partial charge in [-0.15, -0.1) is 23.1 Å². The van der Waals surface area contributed by atoms with Crippen LogP contribution < -0.4 is 81.8 Å². The average Bonchev–Trinajstić information content (AvgIpc) is 1.73. The predicted octanol–water partition coefficient (Wildman–Crippen LogP) is -4.58. The second kappa shape index (κ2) is 47.6. The lowest BCUT2D eigenvalue weighted by Gasteiger charge is -2.36. The van der Waals surface area contributed by atoms with E-state index in [4.69, 9.17) is 28.7 Å². The van der Waals surface area contributed by atoms with Crippen LogP contribution in [0.2, 0.25) is 0 Å². The van der Waals surface area contributed by atoms with Gasteiger partial charge >= 0.3 is 5.97 Å². The number of fused-ring (bicyclic) bond motifs is 5. The van der Waals surface area contributed by atoms with E-state index in [9.17, 15) is 72.9 Å². The SMILES string of the molecule is CCCC[C@H]1C(=O)N(C)[C@@H](CCC)C(=O)N[C@@H](CN)C(=O)N[C@H](C(=O)NCC(N)=O)CSCC(=O)N[C@@H](Cc2ccc(O)cc2)C(=O)N2CCC[C@H]2C(=O)N[C@@H](CC(=O)O)C(=O)N2CCC[C@H]2C(=O)N[C@@H](CN)C(=O)N[C@@H](CCC(N)=O)C(=O)N2C[C@H](O)CC2C(=O)N[C@@H](Cc2c[nH]c3ccccc23)C(=O)N[C@@H](CCN)C(=O)N[C@@H](Cc2csc3ccccc23)C(=O)N1C. The molecular weight excluding hydrogens is 1720 g/mol. The van der Waals surface area contributed by atoms with E-state index in [-0.39, 0.29) is 96.0 Å². The molecule has 4 fully saturated rings. The fourth-order valence-electron chi connectivity index (χ4n) is 16.3. The standard InChI is InChI=1S/C85H117N21O21S2/c1-5-7-18-65-85(127)102(3)62(14-6-2)77(119)99-60(38-88)76(118)101-61(72(114)92-40-69(90)110)43-128-44-70(111)93-56(32-45-22-24-48(107)25-23-45)83(125)104-30-12-19-63(104)78(120)98-58(36-71(112)113)84(126)105-31-13-20-64(105)79(121)100-59(37-87)75(117)95-54(26-27-68(89)109)82(124)106-41-49(108)35-66(106)80(122)96-55(33-46-39-91-52-17-10-8-15-50(46)52)74(116)94-53(28-29-86)73(115)97-57(81(123)103(65)4)34-47-42-129-67-21-11-9-16-51(47)67/h8-11,15-17,21-25,39,42,49,53-66,91,107-108H,5-7,12-14,18-20,26-38,40-41,43-44,86-88H2,1-4H3,(H2,89,109)(H2,90,110)(H,92,114)(H,93,111)(H,94,116)(H,95,117)(H,96,122)(H,97,115)(H,98,120)(H,99,119)(H,100,121)(H,101,118)(H,112,113)/t49-,53+,54+,55+,56+,57+,58+,59+,60+,61+,62+,63+,64+,65+,66?/m1/s1. The summed E-state index contributed by atoms with van der Waals surface area (Å²) in [6, 6.07) is -2.17. The van der Waals surface area contributed by atoms with Gasteiger partial charge in [0.15, 0.2) is 0 Å². The van der Waals surface area contributed by atoms with Gasteiger partial charge in [0, 0.05) is 106 Å². The van der Waals surface area contributed by atoms with Crippen LogP contribution in [0, 0.1) is 0 Å². The van der Waals surface area contributed by atoms with Gasteiger partial charge < -0.3 is 127 Å². The van der Waals surface area contributed by atoms with Crippen molar-refractivity contribution in [2.24, 2.45) is 28.7 Å². The Hall–Kier alpha value is -12.4. The number of hydrogen-bond acceptors (Lipinski definition) is 25. The van der Waals surface area contributed by atoms with Crippen molar-refractivity contribution >= 4 is 150 Å². The van der Waals surface area contributed by atoms with Gasteiger partial charge in [-0.1, -0.05) is 81.6 Å². The van der Waals surface area contributed by atoms with Crippen molar-refractivity contribution in [3.63, 3.8) is 0 Å². The van der Waals surface area contributed by atoms with E-state index in [1.165, 1.54) is 49.7 Å². The quantitative estimate of drug-likeness (QED) is 0.0293. The van der Waals surface area contributed by atoms with E-state index in [0.29, 0.717) is 40.4 Å². The van der Waals surface area contributed by atoms with E-state index in [1.54, 1.807) is 48.8 Å². The number of carbonyl (C=O) groups is 18. The number of thiophene rings is 1. The lowest BCUT2D eigenvalue weighted by molar-refractivity contribution is -0.149. The summed E-state index contributed by atoms with van der Waals surface area (Å²) in [7, 11) is 2.69. The van der Waals surface area contributed by atoms with Crippen LogP contribution in [0.4, 0.5) is 0 Å². The largest absolute Gasteiger partial charge is 0.508 e. The van der Waals surface area contributed by atoms with Crippen LogP contribution in [-0.2, 0) is 106 Å². The molecule has 0 aliphatic carbocycles. The third-order valence-electron chi connectivity index (χ3n) is 23.2. The van der Waals surface area contributed by atoms with Crippen LogP contribution in [0.3, 0.4) is 0 Å². The summed E-state index contributed by atoms with van der Waals surface area (Å²) in [5, 5.41) is 60.7. The number of likely N-dealkylation sites (N-methyl/N-ethyl adjacent to an activating group) is 2. The zero-order valence-electron chi connectivity index (χ0n) is 72.3. The van der Waals surface area contributed by atoms with Crippen molar-refractivity contribution in [1.29, 1.82) is 0 Å². The summed E-state index contributed by atoms with van der Waals surface area (Å²) in [6.45, 7) is 0.501. The van der Waals surface area contributed by atoms with Gasteiger partial charge in [-0.2, -0.15) is 0 Å². The summed E-state index contributed by atoms with van der Waals surface area (Å²) >= 11 is 2.12. The Kier molecular flexibility index (Phi) is 37.0. The number of aliphatic hydroxyl groups excluding tert-OH is 1. The van der Waals surface area contributed by atoms with Crippen molar-refractivity contribution < 1.29 is 102 Å². The zero-order valence-corrected chi connectivity index (χ0v) is 73.9. The fraction of sp³-hybridized carbons (Fsp3) is 0.529.